The third-order valence-corrected chi connectivity index (χ3v) is 6.12. The first-order chi connectivity index (χ1) is 12.1. The molecule has 1 amide bonds. The van der Waals surface area contributed by atoms with Gasteiger partial charge in [-0.15, -0.1) is 11.3 Å². The van der Waals surface area contributed by atoms with E-state index in [1.807, 2.05) is 23.1 Å². The van der Waals surface area contributed by atoms with E-state index in [2.05, 4.69) is 36.2 Å². The molecule has 1 fully saturated rings. The Morgan fingerprint density at radius 1 is 1.20 bits per heavy atom. The molecule has 2 aromatic rings. The Morgan fingerprint density at radius 3 is 2.56 bits per heavy atom. The molecule has 0 unspecified atom stereocenters. The number of thiophene rings is 1. The number of hydrogen-bond donors (Lipinski definition) is 0. The highest BCUT2D eigenvalue weighted by molar-refractivity contribution is 7.17. The summed E-state index contributed by atoms with van der Waals surface area (Å²) in [7, 11) is 2.17. The monoisotopic (exact) mass is 376 g/mol. The van der Waals surface area contributed by atoms with Crippen LogP contribution in [0.3, 0.4) is 0 Å². The second kappa shape index (κ2) is 8.84. The number of hydrogen-bond acceptors (Lipinski definition) is 3. The largest absolute Gasteiger partial charge is 0.337 e. The first-order valence-electron chi connectivity index (χ1n) is 8.89. The molecule has 1 aromatic carbocycles. The van der Waals surface area contributed by atoms with E-state index in [9.17, 15) is 4.79 Å². The Kier molecular flexibility index (Phi) is 6.51. The van der Waals surface area contributed by atoms with Gasteiger partial charge in [-0.05, 0) is 63.0 Å². The number of amides is 1. The molecule has 3 rings (SSSR count). The van der Waals surface area contributed by atoms with Gasteiger partial charge in [-0.2, -0.15) is 0 Å². The van der Waals surface area contributed by atoms with Gasteiger partial charge < -0.3 is 9.80 Å². The zero-order valence-electron chi connectivity index (χ0n) is 14.7. The molecule has 1 aromatic heterocycles. The fraction of sp³-hybridized carbons (Fsp3) is 0.450. The van der Waals surface area contributed by atoms with Crippen LogP contribution in [0.2, 0.25) is 4.34 Å². The molecule has 1 aliphatic rings. The SMILES string of the molecule is CN1CCC(CN(CCc2ccccc2)C(=O)c2ccc(Cl)s2)CC1. The average Bonchev–Trinajstić information content (AvgIpc) is 3.07. The summed E-state index contributed by atoms with van der Waals surface area (Å²) < 4.78 is 0.672. The third-order valence-electron chi connectivity index (χ3n) is 4.90. The van der Waals surface area contributed by atoms with Crippen molar-refractivity contribution in [3.8, 4) is 0 Å². The number of rotatable bonds is 6. The van der Waals surface area contributed by atoms with Crippen molar-refractivity contribution in [3.05, 3.63) is 57.2 Å². The summed E-state index contributed by atoms with van der Waals surface area (Å²) in [5, 5.41) is 0. The molecular formula is C20H25ClN2OS. The van der Waals surface area contributed by atoms with Gasteiger partial charge in [0.15, 0.2) is 0 Å². The van der Waals surface area contributed by atoms with Crippen LogP contribution in [0.15, 0.2) is 42.5 Å². The van der Waals surface area contributed by atoms with E-state index in [0.717, 1.165) is 50.3 Å². The molecular weight excluding hydrogens is 352 g/mol. The van der Waals surface area contributed by atoms with Crippen LogP contribution in [-0.2, 0) is 6.42 Å². The maximum Gasteiger partial charge on any atom is 0.263 e. The van der Waals surface area contributed by atoms with Gasteiger partial charge in [0, 0.05) is 13.1 Å². The smallest absolute Gasteiger partial charge is 0.263 e. The first-order valence-corrected chi connectivity index (χ1v) is 10.1. The highest BCUT2D eigenvalue weighted by Gasteiger charge is 2.24. The van der Waals surface area contributed by atoms with Crippen molar-refractivity contribution in [2.75, 3.05) is 33.2 Å². The summed E-state index contributed by atoms with van der Waals surface area (Å²) in [6, 6.07) is 14.0. The molecule has 3 nitrogen and oxygen atoms in total. The van der Waals surface area contributed by atoms with E-state index >= 15 is 0 Å². The lowest BCUT2D eigenvalue weighted by molar-refractivity contribution is 0.0705. The molecule has 0 saturated carbocycles. The van der Waals surface area contributed by atoms with E-state index in [-0.39, 0.29) is 5.91 Å². The predicted molar refractivity (Wildman–Crippen MR) is 106 cm³/mol. The highest BCUT2D eigenvalue weighted by Crippen LogP contribution is 2.24. The minimum atomic E-state index is 0.117. The standard InChI is InChI=1S/C20H25ClN2OS/c1-22-12-9-17(10-13-22)15-23(14-11-16-5-3-2-4-6-16)20(24)18-7-8-19(21)25-18/h2-8,17H,9-15H2,1H3. The number of likely N-dealkylation sites (tertiary alicyclic amines) is 1. The minimum Gasteiger partial charge on any atom is -0.337 e. The van der Waals surface area contributed by atoms with Crippen molar-refractivity contribution in [1.29, 1.82) is 0 Å². The van der Waals surface area contributed by atoms with Gasteiger partial charge in [0.1, 0.15) is 0 Å². The van der Waals surface area contributed by atoms with Crippen LogP contribution in [0, 0.1) is 5.92 Å². The summed E-state index contributed by atoms with van der Waals surface area (Å²) in [5.74, 6) is 0.707. The van der Waals surface area contributed by atoms with E-state index < -0.39 is 0 Å². The lowest BCUT2D eigenvalue weighted by Crippen LogP contribution is -2.40. The fourth-order valence-corrected chi connectivity index (χ4v) is 4.34. The fourth-order valence-electron chi connectivity index (χ4n) is 3.33. The first kappa shape index (κ1) is 18.4. The molecule has 2 heterocycles. The van der Waals surface area contributed by atoms with Gasteiger partial charge in [-0.25, -0.2) is 0 Å². The Morgan fingerprint density at radius 2 is 1.92 bits per heavy atom. The van der Waals surface area contributed by atoms with Crippen LogP contribution in [0.5, 0.6) is 0 Å². The minimum absolute atomic E-state index is 0.117. The predicted octanol–water partition coefficient (Wildman–Crippen LogP) is 4.43. The van der Waals surface area contributed by atoms with Crippen molar-refractivity contribution >= 4 is 28.8 Å². The van der Waals surface area contributed by atoms with E-state index in [4.69, 9.17) is 11.6 Å². The van der Waals surface area contributed by atoms with Crippen molar-refractivity contribution in [2.45, 2.75) is 19.3 Å². The number of halogens is 1. The van der Waals surface area contributed by atoms with Crippen LogP contribution in [0.1, 0.15) is 28.1 Å². The molecule has 25 heavy (non-hydrogen) atoms. The molecule has 5 heteroatoms. The maximum absolute atomic E-state index is 13.0. The van der Waals surface area contributed by atoms with Gasteiger partial charge in [0.05, 0.1) is 9.21 Å². The van der Waals surface area contributed by atoms with Crippen LogP contribution in [0.25, 0.3) is 0 Å². The number of carbonyl (C=O) groups is 1. The molecule has 0 aliphatic carbocycles. The summed E-state index contributed by atoms with van der Waals surface area (Å²) in [5.41, 5.74) is 1.27. The van der Waals surface area contributed by atoms with Gasteiger partial charge in [0.2, 0.25) is 0 Å². The average molecular weight is 377 g/mol. The number of piperidine rings is 1. The summed E-state index contributed by atoms with van der Waals surface area (Å²) in [6.45, 7) is 3.84. The maximum atomic E-state index is 13.0. The molecule has 0 bridgehead atoms. The van der Waals surface area contributed by atoms with Gasteiger partial charge in [-0.3, -0.25) is 4.79 Å². The highest BCUT2D eigenvalue weighted by atomic mass is 35.5. The molecule has 0 atom stereocenters. The molecule has 0 radical (unpaired) electrons. The van der Waals surface area contributed by atoms with Gasteiger partial charge >= 0.3 is 0 Å². The Balaban J connectivity index is 1.67. The number of nitrogens with zero attached hydrogens (tertiary/aromatic N) is 2. The van der Waals surface area contributed by atoms with Crippen molar-refractivity contribution in [2.24, 2.45) is 5.92 Å². The summed E-state index contributed by atoms with van der Waals surface area (Å²) in [4.78, 5) is 18.1. The Bertz CT molecular complexity index is 680. The zero-order chi connectivity index (χ0) is 17.6. The zero-order valence-corrected chi connectivity index (χ0v) is 16.2. The molecule has 1 saturated heterocycles. The quantitative estimate of drug-likeness (QED) is 0.744. The van der Waals surface area contributed by atoms with Crippen molar-refractivity contribution in [1.82, 2.24) is 9.80 Å². The normalized spacial score (nSPS) is 16.1. The van der Waals surface area contributed by atoms with Crippen LogP contribution < -0.4 is 0 Å². The molecule has 134 valence electrons. The Hall–Kier alpha value is -1.36. The van der Waals surface area contributed by atoms with Crippen molar-refractivity contribution < 1.29 is 4.79 Å². The van der Waals surface area contributed by atoms with E-state index in [0.29, 0.717) is 10.3 Å². The van der Waals surface area contributed by atoms with Crippen molar-refractivity contribution in [3.63, 3.8) is 0 Å². The lowest BCUT2D eigenvalue weighted by Gasteiger charge is -2.33. The van der Waals surface area contributed by atoms with Crippen LogP contribution >= 0.6 is 22.9 Å². The third kappa shape index (κ3) is 5.30. The number of carbonyl (C=O) groups excluding carboxylic acids is 1. The van der Waals surface area contributed by atoms with E-state index in [1.165, 1.54) is 16.9 Å². The van der Waals surface area contributed by atoms with Gasteiger partial charge in [0.25, 0.3) is 5.91 Å². The summed E-state index contributed by atoms with van der Waals surface area (Å²) in [6.07, 6.45) is 3.21. The lowest BCUT2D eigenvalue weighted by atomic mass is 9.96. The van der Waals surface area contributed by atoms with Crippen LogP contribution in [-0.4, -0.2) is 48.9 Å². The molecule has 0 spiro atoms. The Labute approximate surface area is 159 Å². The summed E-state index contributed by atoms with van der Waals surface area (Å²) >= 11 is 7.41. The second-order valence-corrected chi connectivity index (χ2v) is 8.55. The van der Waals surface area contributed by atoms with Gasteiger partial charge in [-0.1, -0.05) is 41.9 Å². The molecule has 0 N–H and O–H groups in total. The van der Waals surface area contributed by atoms with E-state index in [1.54, 1.807) is 0 Å². The molecule has 1 aliphatic heterocycles. The number of benzene rings is 1. The van der Waals surface area contributed by atoms with Crippen LogP contribution in [0.4, 0.5) is 0 Å². The second-order valence-electron chi connectivity index (χ2n) is 6.84. The topological polar surface area (TPSA) is 23.6 Å².